The van der Waals surface area contributed by atoms with Gasteiger partial charge in [0.15, 0.2) is 0 Å². The number of likely N-dealkylation sites (N-methyl/N-ethyl adjacent to an activating group) is 1. The molecule has 0 heterocycles. The van der Waals surface area contributed by atoms with Crippen LogP contribution in [-0.4, -0.2) is 45.6 Å². The van der Waals surface area contributed by atoms with E-state index in [0.717, 1.165) is 0 Å². The van der Waals surface area contributed by atoms with Gasteiger partial charge in [-0.25, -0.2) is 0 Å². The minimum Gasteiger partial charge on any atom is -0.480 e. The number of rotatable bonds is 4. The zero-order valence-corrected chi connectivity index (χ0v) is 8.32. The maximum absolute atomic E-state index is 10.7. The largest absolute Gasteiger partial charge is 0.480 e. The summed E-state index contributed by atoms with van der Waals surface area (Å²) in [6.07, 6.45) is -0.901. The minimum absolute atomic E-state index is 0.194. The molecule has 5 heteroatoms. The van der Waals surface area contributed by atoms with Gasteiger partial charge in [0.2, 0.25) is 0 Å². The van der Waals surface area contributed by atoms with Crippen LogP contribution in [0.2, 0.25) is 0 Å². The molecule has 0 aliphatic rings. The van der Waals surface area contributed by atoms with Crippen molar-refractivity contribution in [3.63, 3.8) is 0 Å². The molecular formula is C7H15NO3S. The molecule has 0 bridgehead atoms. The summed E-state index contributed by atoms with van der Waals surface area (Å²) in [7, 11) is 1.61. The van der Waals surface area contributed by atoms with Crippen molar-refractivity contribution in [3.05, 3.63) is 0 Å². The van der Waals surface area contributed by atoms with E-state index in [0.29, 0.717) is 0 Å². The number of hydrogen-bond donors (Lipinski definition) is 3. The molecule has 3 unspecified atom stereocenters. The van der Waals surface area contributed by atoms with Crippen molar-refractivity contribution < 1.29 is 15.0 Å². The lowest BCUT2D eigenvalue weighted by molar-refractivity contribution is -0.146. The first-order chi connectivity index (χ1) is 5.37. The predicted molar refractivity (Wildman–Crippen MR) is 49.3 cm³/mol. The monoisotopic (exact) mass is 193 g/mol. The molecule has 0 aromatic carbocycles. The molecule has 3 atom stereocenters. The molecule has 0 fully saturated rings. The van der Waals surface area contributed by atoms with Gasteiger partial charge in [-0.05, 0) is 20.9 Å². The topological polar surface area (TPSA) is 60.8 Å². The third-order valence-corrected chi connectivity index (χ3v) is 2.10. The number of carboxylic acids is 1. The molecule has 0 spiro atoms. The Morgan fingerprint density at radius 1 is 1.50 bits per heavy atom. The Kier molecular flexibility index (Phi) is 4.59. The maximum Gasteiger partial charge on any atom is 0.323 e. The highest BCUT2D eigenvalue weighted by molar-refractivity contribution is 7.80. The molecule has 0 aromatic rings. The number of carboxylic acid groups (broad SMARTS) is 1. The molecule has 0 aromatic heterocycles. The summed E-state index contributed by atoms with van der Waals surface area (Å²) in [6, 6.07) is -0.891. The van der Waals surface area contributed by atoms with Crippen molar-refractivity contribution in [2.24, 2.45) is 0 Å². The summed E-state index contributed by atoms with van der Waals surface area (Å²) in [5.41, 5.74) is 0. The van der Waals surface area contributed by atoms with Crippen LogP contribution in [0.4, 0.5) is 0 Å². The quantitative estimate of drug-likeness (QED) is 0.435. The first-order valence-electron chi connectivity index (χ1n) is 3.68. The third-order valence-electron chi connectivity index (χ3n) is 1.74. The lowest BCUT2D eigenvalue weighted by atomic mass is 10.1. The Morgan fingerprint density at radius 2 is 1.92 bits per heavy atom. The average molecular weight is 193 g/mol. The summed E-state index contributed by atoms with van der Waals surface area (Å²) in [4.78, 5) is 12.1. The lowest BCUT2D eigenvalue weighted by Gasteiger charge is -2.29. The summed E-state index contributed by atoms with van der Waals surface area (Å²) < 4.78 is 0. The van der Waals surface area contributed by atoms with E-state index in [-0.39, 0.29) is 5.37 Å². The molecule has 12 heavy (non-hydrogen) atoms. The molecular weight excluding hydrogens is 178 g/mol. The Labute approximate surface area is 77.6 Å². The van der Waals surface area contributed by atoms with Gasteiger partial charge in [0.25, 0.3) is 0 Å². The number of hydrogen-bond acceptors (Lipinski definition) is 4. The van der Waals surface area contributed by atoms with Crippen LogP contribution in [-0.2, 0) is 4.79 Å². The number of aliphatic hydroxyl groups excluding tert-OH is 1. The lowest BCUT2D eigenvalue weighted by Crippen LogP contribution is -2.48. The molecule has 4 nitrogen and oxygen atoms in total. The van der Waals surface area contributed by atoms with E-state index in [4.69, 9.17) is 10.2 Å². The van der Waals surface area contributed by atoms with Crippen molar-refractivity contribution in [1.82, 2.24) is 4.90 Å². The van der Waals surface area contributed by atoms with Gasteiger partial charge < -0.3 is 10.2 Å². The number of thiol groups is 1. The van der Waals surface area contributed by atoms with Crippen LogP contribution >= 0.6 is 12.6 Å². The first kappa shape index (κ1) is 11.7. The molecule has 2 N–H and O–H groups in total. The second-order valence-electron chi connectivity index (χ2n) is 2.82. The van der Waals surface area contributed by atoms with Crippen LogP contribution in [0.5, 0.6) is 0 Å². The van der Waals surface area contributed by atoms with E-state index in [1.807, 2.05) is 0 Å². The van der Waals surface area contributed by atoms with E-state index < -0.39 is 18.1 Å². The van der Waals surface area contributed by atoms with E-state index >= 15 is 0 Å². The standard InChI is InChI=1S/C7H15NO3S/c1-4(9)6(7(10)11)8(3)5(2)12/h4-6,9,12H,1-3H3,(H,10,11). The molecule has 0 aliphatic heterocycles. The van der Waals surface area contributed by atoms with Gasteiger partial charge in [-0.1, -0.05) is 0 Å². The Bertz CT molecular complexity index is 161. The molecule has 0 saturated carbocycles. The van der Waals surface area contributed by atoms with Crippen LogP contribution in [0.25, 0.3) is 0 Å². The van der Waals surface area contributed by atoms with Gasteiger partial charge in [0, 0.05) is 0 Å². The molecule has 0 aliphatic carbocycles. The Morgan fingerprint density at radius 3 is 2.00 bits per heavy atom. The van der Waals surface area contributed by atoms with E-state index in [1.54, 1.807) is 14.0 Å². The van der Waals surface area contributed by atoms with E-state index in [9.17, 15) is 4.79 Å². The van der Waals surface area contributed by atoms with Gasteiger partial charge >= 0.3 is 5.97 Å². The van der Waals surface area contributed by atoms with Crippen LogP contribution in [0.1, 0.15) is 13.8 Å². The fourth-order valence-corrected chi connectivity index (χ4v) is 1.10. The number of carbonyl (C=O) groups is 1. The molecule has 72 valence electrons. The van der Waals surface area contributed by atoms with Gasteiger partial charge in [0.1, 0.15) is 6.04 Å². The van der Waals surface area contributed by atoms with Gasteiger partial charge in [-0.15, -0.1) is 0 Å². The van der Waals surface area contributed by atoms with Crippen molar-refractivity contribution in [2.75, 3.05) is 7.05 Å². The highest BCUT2D eigenvalue weighted by Gasteiger charge is 2.29. The van der Waals surface area contributed by atoms with Crippen molar-refractivity contribution >= 4 is 18.6 Å². The average Bonchev–Trinajstić information content (AvgIpc) is 1.85. The minimum atomic E-state index is -1.03. The van der Waals surface area contributed by atoms with Crippen LogP contribution in [0.15, 0.2) is 0 Å². The normalized spacial score (nSPS) is 18.8. The van der Waals surface area contributed by atoms with Crippen molar-refractivity contribution in [1.29, 1.82) is 0 Å². The van der Waals surface area contributed by atoms with E-state index in [1.165, 1.54) is 11.8 Å². The summed E-state index contributed by atoms with van der Waals surface area (Å²) in [5.74, 6) is -1.03. The Hall–Kier alpha value is -0.260. The Balaban J connectivity index is 4.40. The highest BCUT2D eigenvalue weighted by Crippen LogP contribution is 2.09. The number of aliphatic hydroxyl groups is 1. The third kappa shape index (κ3) is 3.00. The number of aliphatic carboxylic acids is 1. The SMILES string of the molecule is CC(O)C(C(=O)O)N(C)C(C)S. The van der Waals surface area contributed by atoms with Gasteiger partial charge in [0.05, 0.1) is 11.5 Å². The predicted octanol–water partition coefficient (Wildman–Crippen LogP) is 0.0280. The molecule has 0 radical (unpaired) electrons. The second-order valence-corrected chi connectivity index (χ2v) is 3.57. The van der Waals surface area contributed by atoms with Crippen molar-refractivity contribution in [2.45, 2.75) is 31.4 Å². The van der Waals surface area contributed by atoms with Crippen molar-refractivity contribution in [3.8, 4) is 0 Å². The highest BCUT2D eigenvalue weighted by atomic mass is 32.1. The second kappa shape index (κ2) is 4.69. The van der Waals surface area contributed by atoms with Crippen LogP contribution in [0, 0.1) is 0 Å². The first-order valence-corrected chi connectivity index (χ1v) is 4.20. The fourth-order valence-electron chi connectivity index (χ4n) is 0.953. The summed E-state index contributed by atoms with van der Waals surface area (Å²) >= 11 is 4.07. The fraction of sp³-hybridized carbons (Fsp3) is 0.857. The zero-order valence-electron chi connectivity index (χ0n) is 7.43. The summed E-state index contributed by atoms with van der Waals surface area (Å²) in [6.45, 7) is 3.20. The van der Waals surface area contributed by atoms with Gasteiger partial charge in [-0.2, -0.15) is 12.6 Å². The molecule has 0 amide bonds. The number of nitrogens with zero attached hydrogens (tertiary/aromatic N) is 1. The smallest absolute Gasteiger partial charge is 0.323 e. The van der Waals surface area contributed by atoms with Crippen LogP contribution in [0.3, 0.4) is 0 Å². The van der Waals surface area contributed by atoms with Crippen LogP contribution < -0.4 is 0 Å². The van der Waals surface area contributed by atoms with Gasteiger partial charge in [-0.3, -0.25) is 9.69 Å². The molecule has 0 saturated heterocycles. The summed E-state index contributed by atoms with van der Waals surface area (Å²) in [5, 5.41) is 17.7. The van der Waals surface area contributed by atoms with E-state index in [2.05, 4.69) is 12.6 Å². The zero-order chi connectivity index (χ0) is 9.89. The maximum atomic E-state index is 10.7. The molecule has 0 rings (SSSR count).